The first-order valence-corrected chi connectivity index (χ1v) is 7.61. The fourth-order valence-corrected chi connectivity index (χ4v) is 1.34. The molecule has 0 atom stereocenters. The molecule has 25 heavy (non-hydrogen) atoms. The highest BCUT2D eigenvalue weighted by atomic mass is 16.6. The maximum Gasteiger partial charge on any atom is 0.325 e. The van der Waals surface area contributed by atoms with E-state index < -0.39 is 23.8 Å². The number of esters is 2. The summed E-state index contributed by atoms with van der Waals surface area (Å²) in [6, 6.07) is 0. The van der Waals surface area contributed by atoms with E-state index in [-0.39, 0.29) is 65.6 Å². The van der Waals surface area contributed by atoms with Gasteiger partial charge in [-0.1, -0.05) is 0 Å². The van der Waals surface area contributed by atoms with Crippen LogP contribution in [0.2, 0.25) is 0 Å². The number of rotatable bonds is 15. The predicted molar refractivity (Wildman–Crippen MR) is 82.5 cm³/mol. The van der Waals surface area contributed by atoms with Crippen molar-refractivity contribution in [3.8, 4) is 0 Å². The Hall–Kier alpha value is -2.24. The van der Waals surface area contributed by atoms with Gasteiger partial charge in [-0.25, -0.2) is 0 Å². The molecule has 0 radical (unpaired) electrons. The number of carboxylic acids is 1. The highest BCUT2D eigenvalue weighted by molar-refractivity contribution is 5.84. The monoisotopic (exact) mass is 364 g/mol. The molecular formula is C14H24N2O9. The minimum absolute atomic E-state index is 0.0118. The maximum absolute atomic E-state index is 11.3. The van der Waals surface area contributed by atoms with E-state index in [0.29, 0.717) is 0 Å². The first-order chi connectivity index (χ1) is 12.0. The van der Waals surface area contributed by atoms with Crippen LogP contribution >= 0.6 is 0 Å². The molecule has 0 heterocycles. The number of carbonyl (C=O) groups is 4. The molecule has 11 nitrogen and oxygen atoms in total. The van der Waals surface area contributed by atoms with Crippen LogP contribution in [0.25, 0.3) is 0 Å². The zero-order chi connectivity index (χ0) is 18.9. The summed E-state index contributed by atoms with van der Waals surface area (Å²) in [5.74, 6) is -2.77. The number of nitrogens with two attached hydrogens (primary N) is 1. The lowest BCUT2D eigenvalue weighted by Crippen LogP contribution is -2.31. The van der Waals surface area contributed by atoms with Crippen molar-refractivity contribution in [1.82, 2.24) is 5.32 Å². The van der Waals surface area contributed by atoms with Gasteiger partial charge in [0.15, 0.2) is 0 Å². The Labute approximate surface area is 144 Å². The summed E-state index contributed by atoms with van der Waals surface area (Å²) in [4.78, 5) is 43.4. The summed E-state index contributed by atoms with van der Waals surface area (Å²) < 4.78 is 19.7. The van der Waals surface area contributed by atoms with Gasteiger partial charge in [0.2, 0.25) is 5.91 Å². The zero-order valence-corrected chi connectivity index (χ0v) is 13.9. The Morgan fingerprint density at radius 2 is 1.32 bits per heavy atom. The van der Waals surface area contributed by atoms with Crippen LogP contribution < -0.4 is 11.1 Å². The molecule has 0 spiro atoms. The van der Waals surface area contributed by atoms with Gasteiger partial charge in [0.1, 0.15) is 19.8 Å². The minimum Gasteiger partial charge on any atom is -0.481 e. The molecule has 0 fully saturated rings. The van der Waals surface area contributed by atoms with Gasteiger partial charge in [0.25, 0.3) is 0 Å². The normalized spacial score (nSPS) is 10.1. The summed E-state index contributed by atoms with van der Waals surface area (Å²) in [7, 11) is 0. The Kier molecular flexibility index (Phi) is 13.9. The molecule has 0 aliphatic heterocycles. The van der Waals surface area contributed by atoms with Crippen LogP contribution in [0.4, 0.5) is 0 Å². The van der Waals surface area contributed by atoms with Crippen LogP contribution in [-0.4, -0.2) is 81.7 Å². The first-order valence-electron chi connectivity index (χ1n) is 7.61. The highest BCUT2D eigenvalue weighted by Crippen LogP contribution is 1.89. The number of ether oxygens (including phenoxy) is 4. The number of carbonyl (C=O) groups excluding carboxylic acids is 3. The van der Waals surface area contributed by atoms with Crippen LogP contribution in [-0.2, 0) is 38.1 Å². The van der Waals surface area contributed by atoms with E-state index in [1.54, 1.807) is 0 Å². The number of aliphatic carboxylic acids is 1. The molecule has 0 rings (SSSR count). The number of amides is 1. The van der Waals surface area contributed by atoms with E-state index in [2.05, 4.69) is 10.1 Å². The molecule has 0 aliphatic rings. The van der Waals surface area contributed by atoms with E-state index in [0.717, 1.165) is 0 Å². The van der Waals surface area contributed by atoms with Crippen molar-refractivity contribution in [2.45, 2.75) is 12.8 Å². The highest BCUT2D eigenvalue weighted by Gasteiger charge is 2.08. The van der Waals surface area contributed by atoms with Crippen molar-refractivity contribution >= 4 is 23.8 Å². The zero-order valence-electron chi connectivity index (χ0n) is 13.9. The lowest BCUT2D eigenvalue weighted by molar-refractivity contribution is -0.146. The lowest BCUT2D eigenvalue weighted by atomic mass is 10.3. The van der Waals surface area contributed by atoms with Gasteiger partial charge in [0, 0.05) is 6.42 Å². The Morgan fingerprint density at radius 1 is 0.800 bits per heavy atom. The predicted octanol–water partition coefficient (Wildman–Crippen LogP) is -1.95. The summed E-state index contributed by atoms with van der Waals surface area (Å²) in [5.41, 5.74) is 5.05. The van der Waals surface area contributed by atoms with Crippen LogP contribution in [0.5, 0.6) is 0 Å². The number of nitrogens with one attached hydrogen (secondary N) is 1. The molecule has 0 saturated carbocycles. The molecule has 1 amide bonds. The molecule has 0 aromatic rings. The van der Waals surface area contributed by atoms with Crippen molar-refractivity contribution in [3.05, 3.63) is 0 Å². The van der Waals surface area contributed by atoms with Gasteiger partial charge in [-0.2, -0.15) is 0 Å². The third kappa shape index (κ3) is 16.4. The summed E-state index contributed by atoms with van der Waals surface area (Å²) in [5, 5.41) is 10.7. The molecule has 144 valence electrons. The summed E-state index contributed by atoms with van der Waals surface area (Å²) in [6.45, 7) is 0.568. The average molecular weight is 364 g/mol. The van der Waals surface area contributed by atoms with E-state index >= 15 is 0 Å². The molecule has 11 heteroatoms. The van der Waals surface area contributed by atoms with Gasteiger partial charge < -0.3 is 35.1 Å². The molecule has 0 aromatic heterocycles. The number of hydrogen-bond acceptors (Lipinski definition) is 9. The third-order valence-electron chi connectivity index (χ3n) is 2.52. The van der Waals surface area contributed by atoms with E-state index in [1.807, 2.05) is 0 Å². The third-order valence-corrected chi connectivity index (χ3v) is 2.52. The Morgan fingerprint density at radius 3 is 1.84 bits per heavy atom. The van der Waals surface area contributed by atoms with Gasteiger partial charge >= 0.3 is 17.9 Å². The van der Waals surface area contributed by atoms with Gasteiger partial charge in [-0.15, -0.1) is 0 Å². The smallest absolute Gasteiger partial charge is 0.325 e. The number of carboxylic acid groups (broad SMARTS) is 1. The molecule has 0 unspecified atom stereocenters. The summed E-state index contributed by atoms with van der Waals surface area (Å²) in [6.07, 6.45) is -0.497. The van der Waals surface area contributed by atoms with Gasteiger partial charge in [0.05, 0.1) is 39.4 Å². The van der Waals surface area contributed by atoms with Crippen molar-refractivity contribution in [1.29, 1.82) is 0 Å². The van der Waals surface area contributed by atoms with Crippen molar-refractivity contribution < 1.29 is 43.2 Å². The van der Waals surface area contributed by atoms with Crippen LogP contribution in [0.1, 0.15) is 12.8 Å². The standard InChI is InChI=1S/C14H24N2O9/c15-9-13(20)24-7-5-22-3-4-23-6-8-25-14(21)10-16-11(17)1-2-12(18)19/h1-10,15H2,(H,16,17)(H,18,19). The van der Waals surface area contributed by atoms with Crippen LogP contribution in [0.15, 0.2) is 0 Å². The minimum atomic E-state index is -1.09. The largest absolute Gasteiger partial charge is 0.481 e. The average Bonchev–Trinajstić information content (AvgIpc) is 2.59. The van der Waals surface area contributed by atoms with Crippen LogP contribution in [0.3, 0.4) is 0 Å². The quantitative estimate of drug-likeness (QED) is 0.220. The Bertz CT molecular complexity index is 429. The van der Waals surface area contributed by atoms with Crippen molar-refractivity contribution in [3.63, 3.8) is 0 Å². The second-order valence-electron chi connectivity index (χ2n) is 4.54. The molecular weight excluding hydrogens is 340 g/mol. The second-order valence-corrected chi connectivity index (χ2v) is 4.54. The SMILES string of the molecule is NCC(=O)OCCOCCOCCOC(=O)CNC(=O)CCC(=O)O. The molecule has 0 bridgehead atoms. The molecule has 4 N–H and O–H groups in total. The lowest BCUT2D eigenvalue weighted by Gasteiger charge is -2.08. The summed E-state index contributed by atoms with van der Waals surface area (Å²) >= 11 is 0. The van der Waals surface area contributed by atoms with Gasteiger partial charge in [-0.3, -0.25) is 19.2 Å². The van der Waals surface area contributed by atoms with E-state index in [9.17, 15) is 19.2 Å². The maximum atomic E-state index is 11.3. The van der Waals surface area contributed by atoms with E-state index in [1.165, 1.54) is 0 Å². The molecule has 0 aliphatic carbocycles. The van der Waals surface area contributed by atoms with Crippen molar-refractivity contribution in [2.24, 2.45) is 5.73 Å². The van der Waals surface area contributed by atoms with Crippen LogP contribution in [0, 0.1) is 0 Å². The fourth-order valence-electron chi connectivity index (χ4n) is 1.34. The van der Waals surface area contributed by atoms with Gasteiger partial charge in [-0.05, 0) is 0 Å². The second kappa shape index (κ2) is 15.3. The molecule has 0 saturated heterocycles. The van der Waals surface area contributed by atoms with E-state index in [4.69, 9.17) is 25.1 Å². The van der Waals surface area contributed by atoms with Crippen molar-refractivity contribution in [2.75, 3.05) is 52.7 Å². The Balaban J connectivity index is 3.36. The molecule has 0 aromatic carbocycles. The fraction of sp³-hybridized carbons (Fsp3) is 0.714. The topological polar surface area (TPSA) is 163 Å². The number of hydrogen-bond donors (Lipinski definition) is 3. The first kappa shape index (κ1) is 22.8.